The number of aromatic nitrogens is 1. The van der Waals surface area contributed by atoms with E-state index in [1.54, 1.807) is 22.7 Å². The molecule has 0 saturated heterocycles. The van der Waals surface area contributed by atoms with Crippen LogP contribution in [0.25, 0.3) is 10.2 Å². The lowest BCUT2D eigenvalue weighted by Gasteiger charge is -2.09. The van der Waals surface area contributed by atoms with E-state index in [0.717, 1.165) is 28.1 Å². The largest absolute Gasteiger partial charge is 0.395 e. The minimum atomic E-state index is 0.739. The smallest absolute Gasteiger partial charge is 0.106 e. The maximum absolute atomic E-state index is 6.13. The van der Waals surface area contributed by atoms with Crippen LogP contribution in [0.4, 0.5) is 11.4 Å². The quantitative estimate of drug-likeness (QED) is 0.714. The molecular weight excluding hydrogens is 262 g/mol. The number of thiazole rings is 1. The molecule has 0 radical (unpaired) electrons. The summed E-state index contributed by atoms with van der Waals surface area (Å²) in [5, 5.41) is 5.50. The van der Waals surface area contributed by atoms with Gasteiger partial charge < -0.3 is 11.1 Å². The first-order valence-corrected chi connectivity index (χ1v) is 7.40. The molecule has 2 aromatic heterocycles. The average Bonchev–Trinajstić information content (AvgIpc) is 2.98. The second kappa shape index (κ2) is 4.59. The van der Waals surface area contributed by atoms with Crippen LogP contribution in [0.2, 0.25) is 0 Å². The summed E-state index contributed by atoms with van der Waals surface area (Å²) < 4.78 is 1.13. The van der Waals surface area contributed by atoms with Crippen molar-refractivity contribution in [2.24, 2.45) is 0 Å². The third kappa shape index (κ3) is 1.95. The van der Waals surface area contributed by atoms with Crippen molar-refractivity contribution < 1.29 is 0 Å². The molecule has 0 saturated carbocycles. The van der Waals surface area contributed by atoms with E-state index in [4.69, 9.17) is 5.73 Å². The molecule has 0 aliphatic rings. The molecule has 18 heavy (non-hydrogen) atoms. The molecule has 0 spiro atoms. The predicted molar refractivity (Wildman–Crippen MR) is 80.4 cm³/mol. The summed E-state index contributed by atoms with van der Waals surface area (Å²) in [4.78, 5) is 5.64. The Labute approximate surface area is 113 Å². The number of anilines is 2. The summed E-state index contributed by atoms with van der Waals surface area (Å²) in [6, 6.07) is 6.22. The molecular formula is C13H13N3S2. The van der Waals surface area contributed by atoms with Gasteiger partial charge in [-0.25, -0.2) is 4.98 Å². The zero-order valence-electron chi connectivity index (χ0n) is 9.93. The second-order valence-corrected chi connectivity index (χ2v) is 5.99. The molecule has 92 valence electrons. The van der Waals surface area contributed by atoms with Crippen LogP contribution in [0.15, 0.2) is 29.1 Å². The molecule has 0 aliphatic heterocycles. The van der Waals surface area contributed by atoms with E-state index in [-0.39, 0.29) is 0 Å². The van der Waals surface area contributed by atoms with Crippen LogP contribution in [0.1, 0.15) is 10.4 Å². The van der Waals surface area contributed by atoms with Crippen LogP contribution in [-0.4, -0.2) is 4.98 Å². The zero-order chi connectivity index (χ0) is 12.5. The summed E-state index contributed by atoms with van der Waals surface area (Å²) >= 11 is 3.37. The number of fused-ring (bicyclic) bond motifs is 1. The Balaban J connectivity index is 1.86. The fourth-order valence-corrected chi connectivity index (χ4v) is 3.41. The van der Waals surface area contributed by atoms with E-state index in [1.165, 1.54) is 10.4 Å². The molecule has 0 amide bonds. The number of thiophene rings is 1. The van der Waals surface area contributed by atoms with Crippen LogP contribution in [0.5, 0.6) is 0 Å². The molecule has 5 heteroatoms. The number of hydrogen-bond donors (Lipinski definition) is 2. The van der Waals surface area contributed by atoms with Crippen LogP contribution in [0, 0.1) is 6.92 Å². The normalized spacial score (nSPS) is 10.9. The minimum Gasteiger partial charge on any atom is -0.395 e. The Bertz CT molecular complexity index is 684. The summed E-state index contributed by atoms with van der Waals surface area (Å²) in [6.45, 7) is 2.93. The van der Waals surface area contributed by atoms with E-state index in [0.29, 0.717) is 0 Å². The Morgan fingerprint density at radius 1 is 1.28 bits per heavy atom. The van der Waals surface area contributed by atoms with Gasteiger partial charge in [-0.05, 0) is 36.1 Å². The van der Waals surface area contributed by atoms with Crippen molar-refractivity contribution in [3.63, 3.8) is 0 Å². The van der Waals surface area contributed by atoms with Gasteiger partial charge in [0.15, 0.2) is 0 Å². The SMILES string of the molecule is Cc1ccsc1CNc1ccc2scnc2c1N. The van der Waals surface area contributed by atoms with Gasteiger partial charge in [-0.3, -0.25) is 0 Å². The van der Waals surface area contributed by atoms with Crippen LogP contribution >= 0.6 is 22.7 Å². The fourth-order valence-electron chi connectivity index (χ4n) is 1.87. The van der Waals surface area contributed by atoms with Crippen molar-refractivity contribution in [2.45, 2.75) is 13.5 Å². The van der Waals surface area contributed by atoms with Crippen LogP contribution in [0.3, 0.4) is 0 Å². The first-order chi connectivity index (χ1) is 8.75. The lowest BCUT2D eigenvalue weighted by Crippen LogP contribution is -2.02. The van der Waals surface area contributed by atoms with Crippen LogP contribution in [-0.2, 0) is 6.54 Å². The highest BCUT2D eigenvalue weighted by atomic mass is 32.1. The highest BCUT2D eigenvalue weighted by Gasteiger charge is 2.07. The summed E-state index contributed by atoms with van der Waals surface area (Å²) in [5.41, 5.74) is 11.9. The van der Waals surface area contributed by atoms with Gasteiger partial charge in [0.1, 0.15) is 5.52 Å². The maximum atomic E-state index is 6.13. The first-order valence-electron chi connectivity index (χ1n) is 5.64. The molecule has 2 heterocycles. The van der Waals surface area contributed by atoms with E-state index in [1.807, 2.05) is 11.6 Å². The number of hydrogen-bond acceptors (Lipinski definition) is 5. The monoisotopic (exact) mass is 275 g/mol. The zero-order valence-corrected chi connectivity index (χ0v) is 11.6. The molecule has 1 aromatic carbocycles. The summed E-state index contributed by atoms with van der Waals surface area (Å²) in [7, 11) is 0. The first kappa shape index (κ1) is 11.5. The van der Waals surface area contributed by atoms with Gasteiger partial charge in [0, 0.05) is 11.4 Å². The van der Waals surface area contributed by atoms with Gasteiger partial charge in [0.25, 0.3) is 0 Å². The Morgan fingerprint density at radius 2 is 2.17 bits per heavy atom. The summed E-state index contributed by atoms with van der Waals surface area (Å²) in [6.07, 6.45) is 0. The topological polar surface area (TPSA) is 50.9 Å². The van der Waals surface area contributed by atoms with Gasteiger partial charge in [-0.15, -0.1) is 22.7 Å². The van der Waals surface area contributed by atoms with Gasteiger partial charge >= 0.3 is 0 Å². The molecule has 3 rings (SSSR count). The second-order valence-electron chi connectivity index (χ2n) is 4.11. The number of rotatable bonds is 3. The Morgan fingerprint density at radius 3 is 2.94 bits per heavy atom. The van der Waals surface area contributed by atoms with Crippen LogP contribution < -0.4 is 11.1 Å². The average molecular weight is 275 g/mol. The fraction of sp³-hybridized carbons (Fsp3) is 0.154. The molecule has 3 aromatic rings. The number of nitrogens with two attached hydrogens (primary N) is 1. The Kier molecular flexibility index (Phi) is 2.93. The highest BCUT2D eigenvalue weighted by Crippen LogP contribution is 2.30. The van der Waals surface area contributed by atoms with Crippen molar-refractivity contribution in [3.05, 3.63) is 39.5 Å². The predicted octanol–water partition coefficient (Wildman–Crippen LogP) is 3.86. The van der Waals surface area contributed by atoms with Crippen molar-refractivity contribution >= 4 is 44.3 Å². The van der Waals surface area contributed by atoms with Gasteiger partial charge in [0.05, 0.1) is 21.6 Å². The van der Waals surface area contributed by atoms with Crippen molar-refractivity contribution in [1.29, 1.82) is 0 Å². The van der Waals surface area contributed by atoms with Gasteiger partial charge in [-0.1, -0.05) is 0 Å². The summed E-state index contributed by atoms with van der Waals surface area (Å²) in [5.74, 6) is 0. The molecule has 3 N–H and O–H groups in total. The third-order valence-corrected chi connectivity index (χ3v) is 4.77. The standard InChI is InChI=1S/C13H13N3S2/c1-8-4-5-17-11(8)6-15-9-2-3-10-13(12(9)14)16-7-18-10/h2-5,7,15H,6,14H2,1H3. The lowest BCUT2D eigenvalue weighted by molar-refractivity contribution is 1.17. The molecule has 0 atom stereocenters. The number of benzene rings is 1. The van der Waals surface area contributed by atoms with E-state index < -0.39 is 0 Å². The number of aryl methyl sites for hydroxylation is 1. The highest BCUT2D eigenvalue weighted by molar-refractivity contribution is 7.16. The molecule has 0 fully saturated rings. The molecule has 0 bridgehead atoms. The number of nitrogens with one attached hydrogen (secondary N) is 1. The molecule has 3 nitrogen and oxygen atoms in total. The van der Waals surface area contributed by atoms with Gasteiger partial charge in [0.2, 0.25) is 0 Å². The number of nitrogens with zero attached hydrogens (tertiary/aromatic N) is 1. The molecule has 0 aliphatic carbocycles. The Hall–Kier alpha value is -1.59. The minimum absolute atomic E-state index is 0.739. The maximum Gasteiger partial charge on any atom is 0.106 e. The van der Waals surface area contributed by atoms with Gasteiger partial charge in [-0.2, -0.15) is 0 Å². The van der Waals surface area contributed by atoms with E-state index in [9.17, 15) is 0 Å². The third-order valence-electron chi connectivity index (χ3n) is 2.95. The van der Waals surface area contributed by atoms with Crippen molar-refractivity contribution in [3.8, 4) is 0 Å². The number of nitrogen functional groups attached to an aromatic ring is 1. The van der Waals surface area contributed by atoms with Crippen molar-refractivity contribution in [1.82, 2.24) is 4.98 Å². The van der Waals surface area contributed by atoms with E-state index >= 15 is 0 Å². The van der Waals surface area contributed by atoms with Crippen molar-refractivity contribution in [2.75, 3.05) is 11.1 Å². The van der Waals surface area contributed by atoms with E-state index in [2.05, 4.69) is 34.7 Å². The lowest BCUT2D eigenvalue weighted by atomic mass is 10.2. The molecule has 0 unspecified atom stereocenters.